The summed E-state index contributed by atoms with van der Waals surface area (Å²) in [5, 5.41) is 2.89. The predicted octanol–water partition coefficient (Wildman–Crippen LogP) is 3.00. The van der Waals surface area contributed by atoms with E-state index in [1.807, 2.05) is 42.5 Å². The number of carbonyl (C=O) groups is 1. The molecule has 1 N–H and O–H groups in total. The average Bonchev–Trinajstić information content (AvgIpc) is 2.36. The summed E-state index contributed by atoms with van der Waals surface area (Å²) >= 11 is 0. The van der Waals surface area contributed by atoms with Crippen LogP contribution in [0.2, 0.25) is 0 Å². The number of aliphatic imine (C=N–C) groups is 1. The lowest BCUT2D eigenvalue weighted by molar-refractivity contribution is 0.102. The minimum absolute atomic E-state index is 0.120. The van der Waals surface area contributed by atoms with Gasteiger partial charge in [0.1, 0.15) is 0 Å². The molecule has 0 radical (unpaired) electrons. The summed E-state index contributed by atoms with van der Waals surface area (Å²) in [6.07, 6.45) is 1.77. The summed E-state index contributed by atoms with van der Waals surface area (Å²) in [6.45, 7) is 0. The van der Waals surface area contributed by atoms with E-state index in [9.17, 15) is 4.79 Å². The molecule has 17 heavy (non-hydrogen) atoms. The zero-order chi connectivity index (χ0) is 11.7. The van der Waals surface area contributed by atoms with Gasteiger partial charge in [-0.15, -0.1) is 0 Å². The van der Waals surface area contributed by atoms with E-state index in [1.165, 1.54) is 0 Å². The maximum absolute atomic E-state index is 12.0. The molecule has 3 rings (SSSR count). The molecular weight excluding hydrogens is 212 g/mol. The van der Waals surface area contributed by atoms with Crippen LogP contribution < -0.4 is 5.32 Å². The van der Waals surface area contributed by atoms with Crippen molar-refractivity contribution in [2.45, 2.75) is 0 Å². The van der Waals surface area contributed by atoms with Crippen LogP contribution in [0.15, 0.2) is 53.5 Å². The quantitative estimate of drug-likeness (QED) is 0.731. The molecule has 0 aromatic heterocycles. The Morgan fingerprint density at radius 2 is 1.71 bits per heavy atom. The van der Waals surface area contributed by atoms with E-state index in [1.54, 1.807) is 12.3 Å². The number of hydrogen-bond donors (Lipinski definition) is 1. The topological polar surface area (TPSA) is 41.5 Å². The highest BCUT2D eigenvalue weighted by Crippen LogP contribution is 2.24. The maximum atomic E-state index is 12.0. The molecule has 1 heterocycles. The van der Waals surface area contributed by atoms with Crippen molar-refractivity contribution >= 4 is 23.5 Å². The van der Waals surface area contributed by atoms with Crippen molar-refractivity contribution in [2.75, 3.05) is 5.32 Å². The number of amides is 1. The number of carbonyl (C=O) groups excluding carboxylic acids is 1. The van der Waals surface area contributed by atoms with Crippen molar-refractivity contribution in [3.8, 4) is 0 Å². The van der Waals surface area contributed by atoms with Crippen molar-refractivity contribution in [1.82, 2.24) is 0 Å². The Kier molecular flexibility index (Phi) is 2.22. The maximum Gasteiger partial charge on any atom is 0.257 e. The van der Waals surface area contributed by atoms with Gasteiger partial charge in [0.2, 0.25) is 0 Å². The van der Waals surface area contributed by atoms with Gasteiger partial charge in [-0.1, -0.05) is 30.3 Å². The Morgan fingerprint density at radius 3 is 2.65 bits per heavy atom. The van der Waals surface area contributed by atoms with E-state index >= 15 is 0 Å². The molecule has 1 amide bonds. The molecule has 2 aromatic carbocycles. The number of benzene rings is 2. The molecule has 0 aliphatic carbocycles. The average molecular weight is 222 g/mol. The monoisotopic (exact) mass is 222 g/mol. The molecule has 1 aliphatic heterocycles. The Bertz CT molecular complexity index is 617. The SMILES string of the molecule is O=C1Nc2ccccc2C=Nc2ccccc21. The van der Waals surface area contributed by atoms with Crippen LogP contribution in [0.3, 0.4) is 0 Å². The summed E-state index contributed by atoms with van der Waals surface area (Å²) < 4.78 is 0. The first-order chi connectivity index (χ1) is 8.34. The van der Waals surface area contributed by atoms with Crippen LogP contribution in [0.25, 0.3) is 0 Å². The first-order valence-corrected chi connectivity index (χ1v) is 5.38. The van der Waals surface area contributed by atoms with E-state index in [2.05, 4.69) is 10.3 Å². The zero-order valence-electron chi connectivity index (χ0n) is 9.05. The highest BCUT2D eigenvalue weighted by Gasteiger charge is 2.13. The third-order valence-corrected chi connectivity index (χ3v) is 2.70. The van der Waals surface area contributed by atoms with E-state index in [0.717, 1.165) is 11.3 Å². The first-order valence-electron chi connectivity index (χ1n) is 5.38. The number of hydrogen-bond acceptors (Lipinski definition) is 2. The van der Waals surface area contributed by atoms with Crippen molar-refractivity contribution in [3.05, 3.63) is 59.7 Å². The van der Waals surface area contributed by atoms with Crippen LogP contribution in [0.5, 0.6) is 0 Å². The summed E-state index contributed by atoms with van der Waals surface area (Å²) in [7, 11) is 0. The highest BCUT2D eigenvalue weighted by molar-refractivity contribution is 6.11. The van der Waals surface area contributed by atoms with Gasteiger partial charge >= 0.3 is 0 Å². The number of rotatable bonds is 0. The van der Waals surface area contributed by atoms with Crippen LogP contribution in [0.4, 0.5) is 11.4 Å². The van der Waals surface area contributed by atoms with Gasteiger partial charge in [0.05, 0.1) is 11.3 Å². The molecule has 0 atom stereocenters. The standard InChI is InChI=1S/C14H10N2O/c17-14-11-6-2-4-8-13(11)15-9-10-5-1-3-7-12(10)16-14/h1-9H,(H,16,17). The Balaban J connectivity index is 2.19. The predicted molar refractivity (Wildman–Crippen MR) is 68.1 cm³/mol. The molecular formula is C14H10N2O. The third-order valence-electron chi connectivity index (χ3n) is 2.70. The van der Waals surface area contributed by atoms with Gasteiger partial charge in [-0.05, 0) is 18.2 Å². The second-order valence-electron chi connectivity index (χ2n) is 3.82. The van der Waals surface area contributed by atoms with Crippen molar-refractivity contribution < 1.29 is 4.79 Å². The van der Waals surface area contributed by atoms with Gasteiger partial charge < -0.3 is 5.32 Å². The summed E-state index contributed by atoms with van der Waals surface area (Å²) in [5.74, 6) is -0.120. The zero-order valence-corrected chi connectivity index (χ0v) is 9.05. The fraction of sp³-hybridized carbons (Fsp3) is 0. The van der Waals surface area contributed by atoms with Gasteiger partial charge in [0.15, 0.2) is 0 Å². The fourth-order valence-electron chi connectivity index (χ4n) is 1.83. The highest BCUT2D eigenvalue weighted by atomic mass is 16.1. The number of para-hydroxylation sites is 2. The number of anilines is 1. The number of nitrogens with one attached hydrogen (secondary N) is 1. The van der Waals surface area contributed by atoms with Gasteiger partial charge in [-0.2, -0.15) is 0 Å². The van der Waals surface area contributed by atoms with Crippen LogP contribution >= 0.6 is 0 Å². The second-order valence-corrected chi connectivity index (χ2v) is 3.82. The van der Waals surface area contributed by atoms with E-state index in [-0.39, 0.29) is 5.91 Å². The van der Waals surface area contributed by atoms with Crippen LogP contribution in [-0.4, -0.2) is 12.1 Å². The molecule has 0 spiro atoms. The molecule has 3 nitrogen and oxygen atoms in total. The molecule has 2 aromatic rings. The van der Waals surface area contributed by atoms with E-state index < -0.39 is 0 Å². The normalized spacial score (nSPS) is 13.1. The second kappa shape index (κ2) is 3.87. The van der Waals surface area contributed by atoms with Gasteiger partial charge in [-0.25, -0.2) is 0 Å². The number of nitrogens with zero attached hydrogens (tertiary/aromatic N) is 1. The lowest BCUT2D eigenvalue weighted by Crippen LogP contribution is -2.14. The summed E-state index contributed by atoms with van der Waals surface area (Å²) in [5.41, 5.74) is 2.99. The number of fused-ring (bicyclic) bond motifs is 2. The van der Waals surface area contributed by atoms with Crippen molar-refractivity contribution in [1.29, 1.82) is 0 Å². The molecule has 82 valence electrons. The van der Waals surface area contributed by atoms with Crippen molar-refractivity contribution in [2.24, 2.45) is 4.99 Å². The minimum Gasteiger partial charge on any atom is -0.321 e. The largest absolute Gasteiger partial charge is 0.321 e. The lowest BCUT2D eigenvalue weighted by atomic mass is 10.1. The minimum atomic E-state index is -0.120. The van der Waals surface area contributed by atoms with Gasteiger partial charge in [0.25, 0.3) is 5.91 Å². The van der Waals surface area contributed by atoms with Crippen LogP contribution in [-0.2, 0) is 0 Å². The Morgan fingerprint density at radius 1 is 0.941 bits per heavy atom. The van der Waals surface area contributed by atoms with E-state index in [4.69, 9.17) is 0 Å². The molecule has 0 bridgehead atoms. The molecule has 0 fully saturated rings. The van der Waals surface area contributed by atoms with Crippen LogP contribution in [0, 0.1) is 0 Å². The molecule has 0 unspecified atom stereocenters. The Labute approximate surface area is 98.8 Å². The summed E-state index contributed by atoms with van der Waals surface area (Å²) in [4.78, 5) is 16.4. The van der Waals surface area contributed by atoms with Gasteiger partial charge in [0, 0.05) is 17.5 Å². The molecule has 0 saturated heterocycles. The Hall–Kier alpha value is -2.42. The van der Waals surface area contributed by atoms with Crippen LogP contribution in [0.1, 0.15) is 15.9 Å². The van der Waals surface area contributed by atoms with E-state index in [0.29, 0.717) is 11.3 Å². The molecule has 3 heteroatoms. The smallest absolute Gasteiger partial charge is 0.257 e. The molecule has 0 saturated carbocycles. The first kappa shape index (κ1) is 9.78. The summed E-state index contributed by atoms with van der Waals surface area (Å²) in [6, 6.07) is 14.9. The fourth-order valence-corrected chi connectivity index (χ4v) is 1.83. The molecule has 1 aliphatic rings. The van der Waals surface area contributed by atoms with Crippen molar-refractivity contribution in [3.63, 3.8) is 0 Å². The third kappa shape index (κ3) is 1.72. The lowest BCUT2D eigenvalue weighted by Gasteiger charge is -2.12. The van der Waals surface area contributed by atoms with Gasteiger partial charge in [-0.3, -0.25) is 9.79 Å².